The predicted molar refractivity (Wildman–Crippen MR) is 77.5 cm³/mol. The zero-order valence-electron chi connectivity index (χ0n) is 12.6. The molecule has 0 heterocycles. The van der Waals surface area contributed by atoms with Crippen LogP contribution in [0.4, 0.5) is 0 Å². The Morgan fingerprint density at radius 3 is 2.00 bits per heavy atom. The second-order valence-electron chi connectivity index (χ2n) is 6.55. The highest BCUT2D eigenvalue weighted by molar-refractivity contribution is 5.25. The van der Waals surface area contributed by atoms with E-state index in [4.69, 9.17) is 0 Å². The molecule has 0 saturated carbocycles. The number of rotatable bonds is 4. The van der Waals surface area contributed by atoms with Gasteiger partial charge in [-0.05, 0) is 25.1 Å². The lowest BCUT2D eigenvalue weighted by Gasteiger charge is -2.46. The maximum atomic E-state index is 11.3. The molecule has 2 heteroatoms. The van der Waals surface area contributed by atoms with Crippen LogP contribution in [0.5, 0.6) is 0 Å². The van der Waals surface area contributed by atoms with Gasteiger partial charge in [0.15, 0.2) is 0 Å². The lowest BCUT2D eigenvalue weighted by molar-refractivity contribution is -0.112. The van der Waals surface area contributed by atoms with Gasteiger partial charge >= 0.3 is 0 Å². The third kappa shape index (κ3) is 2.93. The van der Waals surface area contributed by atoms with Gasteiger partial charge in [0.2, 0.25) is 0 Å². The highest BCUT2D eigenvalue weighted by Gasteiger charge is 2.45. The Kier molecular flexibility index (Phi) is 4.57. The lowest BCUT2D eigenvalue weighted by atomic mass is 9.65. The number of nitrogens with zero attached hydrogens (tertiary/aromatic N) is 1. The van der Waals surface area contributed by atoms with Crippen molar-refractivity contribution >= 4 is 0 Å². The van der Waals surface area contributed by atoms with Crippen LogP contribution < -0.4 is 0 Å². The van der Waals surface area contributed by atoms with Crippen LogP contribution in [0.3, 0.4) is 0 Å². The summed E-state index contributed by atoms with van der Waals surface area (Å²) in [4.78, 5) is 2.13. The molecular weight excluding hydrogens is 222 g/mol. The second-order valence-corrected chi connectivity index (χ2v) is 6.55. The van der Waals surface area contributed by atoms with Gasteiger partial charge < -0.3 is 10.0 Å². The molecule has 2 atom stereocenters. The number of aliphatic hydroxyl groups is 1. The first kappa shape index (κ1) is 15.2. The lowest BCUT2D eigenvalue weighted by Crippen LogP contribution is -2.48. The minimum absolute atomic E-state index is 0.162. The Morgan fingerprint density at radius 2 is 1.61 bits per heavy atom. The summed E-state index contributed by atoms with van der Waals surface area (Å²) < 4.78 is 0. The average Bonchev–Trinajstić information content (AvgIpc) is 2.26. The number of hydrogen-bond donors (Lipinski definition) is 1. The standard InChI is InChI=1S/C16H27NO/c1-13(12-17(5)6)16(18,15(2,3)4)14-10-8-7-9-11-14/h7-11,13,18H,12H2,1-6H3/t13-,16-/m1/s1. The Morgan fingerprint density at radius 1 is 1.11 bits per heavy atom. The summed E-state index contributed by atoms with van der Waals surface area (Å²) in [5.41, 5.74) is -0.0191. The molecular formula is C16H27NO. The van der Waals surface area contributed by atoms with Crippen molar-refractivity contribution in [1.82, 2.24) is 4.90 Å². The van der Waals surface area contributed by atoms with E-state index >= 15 is 0 Å². The molecule has 2 nitrogen and oxygen atoms in total. The molecule has 0 spiro atoms. The van der Waals surface area contributed by atoms with E-state index in [1.165, 1.54) is 0 Å². The fourth-order valence-electron chi connectivity index (χ4n) is 2.83. The molecule has 0 unspecified atom stereocenters. The first-order valence-corrected chi connectivity index (χ1v) is 6.62. The van der Waals surface area contributed by atoms with Gasteiger partial charge in [0, 0.05) is 12.5 Å². The van der Waals surface area contributed by atoms with Crippen molar-refractivity contribution in [2.24, 2.45) is 11.3 Å². The monoisotopic (exact) mass is 249 g/mol. The minimum atomic E-state index is -0.821. The average molecular weight is 249 g/mol. The smallest absolute Gasteiger partial charge is 0.0982 e. The van der Waals surface area contributed by atoms with E-state index in [-0.39, 0.29) is 11.3 Å². The quantitative estimate of drug-likeness (QED) is 0.886. The Hall–Kier alpha value is -0.860. The molecule has 0 aliphatic heterocycles. The van der Waals surface area contributed by atoms with Gasteiger partial charge in [-0.3, -0.25) is 0 Å². The molecule has 0 fully saturated rings. The molecule has 0 aromatic heterocycles. The fourth-order valence-corrected chi connectivity index (χ4v) is 2.83. The molecule has 0 saturated heterocycles. The van der Waals surface area contributed by atoms with Crippen LogP contribution in [0, 0.1) is 11.3 Å². The summed E-state index contributed by atoms with van der Waals surface area (Å²) in [6.07, 6.45) is 0. The van der Waals surface area contributed by atoms with Gasteiger partial charge in [-0.25, -0.2) is 0 Å². The van der Waals surface area contributed by atoms with Crippen LogP contribution in [-0.4, -0.2) is 30.6 Å². The van der Waals surface area contributed by atoms with Crippen LogP contribution in [0.25, 0.3) is 0 Å². The largest absolute Gasteiger partial charge is 0.384 e. The summed E-state index contributed by atoms with van der Waals surface area (Å²) in [5.74, 6) is 0.162. The van der Waals surface area contributed by atoms with Gasteiger partial charge in [-0.15, -0.1) is 0 Å². The maximum Gasteiger partial charge on any atom is 0.0982 e. The molecule has 0 aliphatic carbocycles. The first-order valence-electron chi connectivity index (χ1n) is 6.62. The number of benzene rings is 1. The van der Waals surface area contributed by atoms with Crippen molar-refractivity contribution in [3.8, 4) is 0 Å². The second kappa shape index (κ2) is 5.41. The van der Waals surface area contributed by atoms with Gasteiger partial charge in [0.05, 0.1) is 5.60 Å². The highest BCUT2D eigenvalue weighted by atomic mass is 16.3. The normalized spacial score (nSPS) is 17.6. The van der Waals surface area contributed by atoms with E-state index in [0.717, 1.165) is 12.1 Å². The third-order valence-electron chi connectivity index (χ3n) is 3.71. The molecule has 1 aromatic rings. The Bertz CT molecular complexity index is 366. The molecule has 0 aliphatic rings. The van der Waals surface area contributed by atoms with Crippen LogP contribution in [0.1, 0.15) is 33.3 Å². The summed E-state index contributed by atoms with van der Waals surface area (Å²) in [7, 11) is 4.09. The zero-order chi connectivity index (χ0) is 14.0. The molecule has 1 rings (SSSR count). The summed E-state index contributed by atoms with van der Waals surface area (Å²) in [5, 5.41) is 11.3. The number of hydrogen-bond acceptors (Lipinski definition) is 2. The van der Waals surface area contributed by atoms with E-state index in [1.54, 1.807) is 0 Å². The van der Waals surface area contributed by atoms with Crippen LogP contribution in [-0.2, 0) is 5.60 Å². The van der Waals surface area contributed by atoms with Crippen molar-refractivity contribution in [2.45, 2.75) is 33.3 Å². The van der Waals surface area contributed by atoms with E-state index in [1.807, 2.05) is 44.4 Å². The highest BCUT2D eigenvalue weighted by Crippen LogP contribution is 2.44. The van der Waals surface area contributed by atoms with Gasteiger partial charge in [0.1, 0.15) is 0 Å². The third-order valence-corrected chi connectivity index (χ3v) is 3.71. The van der Waals surface area contributed by atoms with E-state index < -0.39 is 5.60 Å². The van der Waals surface area contributed by atoms with Crippen LogP contribution in [0.15, 0.2) is 30.3 Å². The topological polar surface area (TPSA) is 23.5 Å². The summed E-state index contributed by atoms with van der Waals surface area (Å²) in [6, 6.07) is 10.0. The van der Waals surface area contributed by atoms with Crippen molar-refractivity contribution < 1.29 is 5.11 Å². The molecule has 0 bridgehead atoms. The minimum Gasteiger partial charge on any atom is -0.384 e. The van der Waals surface area contributed by atoms with Crippen molar-refractivity contribution in [1.29, 1.82) is 0 Å². The Balaban J connectivity index is 3.20. The maximum absolute atomic E-state index is 11.3. The first-order chi connectivity index (χ1) is 8.19. The molecule has 0 radical (unpaired) electrons. The van der Waals surface area contributed by atoms with Crippen LogP contribution >= 0.6 is 0 Å². The van der Waals surface area contributed by atoms with E-state index in [2.05, 4.69) is 32.6 Å². The van der Waals surface area contributed by atoms with Gasteiger partial charge in [0.25, 0.3) is 0 Å². The van der Waals surface area contributed by atoms with Gasteiger partial charge in [-0.2, -0.15) is 0 Å². The molecule has 1 N–H and O–H groups in total. The molecule has 0 amide bonds. The summed E-state index contributed by atoms with van der Waals surface area (Å²) >= 11 is 0. The van der Waals surface area contributed by atoms with E-state index in [0.29, 0.717) is 0 Å². The van der Waals surface area contributed by atoms with Crippen molar-refractivity contribution in [3.05, 3.63) is 35.9 Å². The van der Waals surface area contributed by atoms with Crippen molar-refractivity contribution in [2.75, 3.05) is 20.6 Å². The van der Waals surface area contributed by atoms with Gasteiger partial charge in [-0.1, -0.05) is 58.0 Å². The zero-order valence-corrected chi connectivity index (χ0v) is 12.6. The molecule has 1 aromatic carbocycles. The van der Waals surface area contributed by atoms with E-state index in [9.17, 15) is 5.11 Å². The predicted octanol–water partition coefficient (Wildman–Crippen LogP) is 3.12. The SMILES string of the molecule is C[C@H](CN(C)C)[C@@](O)(c1ccccc1)C(C)(C)C. The van der Waals surface area contributed by atoms with Crippen LogP contribution in [0.2, 0.25) is 0 Å². The molecule has 18 heavy (non-hydrogen) atoms. The summed E-state index contributed by atoms with van der Waals surface area (Å²) in [6.45, 7) is 9.30. The van der Waals surface area contributed by atoms with Crippen molar-refractivity contribution in [3.63, 3.8) is 0 Å². The molecule has 102 valence electrons. The fraction of sp³-hybridized carbons (Fsp3) is 0.625. The Labute approximate surface area is 112 Å².